The Bertz CT molecular complexity index is 522. The first-order valence-electron chi connectivity index (χ1n) is 5.29. The van der Waals surface area contributed by atoms with Crippen LogP contribution >= 0.6 is 34.1 Å². The van der Waals surface area contributed by atoms with Crippen LogP contribution in [0.25, 0.3) is 0 Å². The molecular formula is C12H11IN2OS. The molecular weight excluding hydrogens is 347 g/mol. The zero-order chi connectivity index (χ0) is 12.3. The molecule has 17 heavy (non-hydrogen) atoms. The predicted octanol–water partition coefficient (Wildman–Crippen LogP) is 3.13. The van der Waals surface area contributed by atoms with E-state index in [1.807, 2.05) is 31.2 Å². The number of hydrogen-bond acceptors (Lipinski definition) is 4. The van der Waals surface area contributed by atoms with Crippen LogP contribution in [0.15, 0.2) is 24.3 Å². The van der Waals surface area contributed by atoms with E-state index in [0.29, 0.717) is 11.3 Å². The average Bonchev–Trinajstić information content (AvgIpc) is 2.80. The van der Waals surface area contributed by atoms with Crippen molar-refractivity contribution in [2.75, 3.05) is 0 Å². The number of carbonyl (C=O) groups is 1. The summed E-state index contributed by atoms with van der Waals surface area (Å²) in [5, 5.41) is 3.96. The van der Waals surface area contributed by atoms with E-state index in [1.165, 1.54) is 15.1 Å². The molecule has 0 amide bonds. The number of benzene rings is 1. The third-order valence-electron chi connectivity index (χ3n) is 2.42. The smallest absolute Gasteiger partial charge is 0.180 e. The number of aryl methyl sites for hydroxylation is 1. The Hall–Kier alpha value is -0.820. The second-order valence-corrected chi connectivity index (χ2v) is 5.63. The Morgan fingerprint density at radius 3 is 2.71 bits per heavy atom. The predicted molar refractivity (Wildman–Crippen MR) is 76.5 cm³/mol. The second-order valence-electron chi connectivity index (χ2n) is 3.63. The van der Waals surface area contributed by atoms with E-state index in [9.17, 15) is 4.79 Å². The van der Waals surface area contributed by atoms with E-state index in [2.05, 4.69) is 32.2 Å². The summed E-state index contributed by atoms with van der Waals surface area (Å²) in [5.41, 5.74) is 1.84. The summed E-state index contributed by atoms with van der Waals surface area (Å²) in [6.45, 7) is 1.98. The van der Waals surface area contributed by atoms with Gasteiger partial charge in [-0.2, -0.15) is 0 Å². The van der Waals surface area contributed by atoms with Gasteiger partial charge in [-0.25, -0.2) is 0 Å². The maximum Gasteiger partial charge on any atom is 0.180 e. The van der Waals surface area contributed by atoms with Crippen LogP contribution in [0.1, 0.15) is 27.9 Å². The lowest BCUT2D eigenvalue weighted by Gasteiger charge is -2.00. The van der Waals surface area contributed by atoms with Crippen molar-refractivity contribution in [2.24, 2.45) is 0 Å². The fourth-order valence-electron chi connectivity index (χ4n) is 1.52. The normalized spacial score (nSPS) is 10.5. The lowest BCUT2D eigenvalue weighted by molar-refractivity contribution is 0.0996. The Morgan fingerprint density at radius 2 is 2.06 bits per heavy atom. The van der Waals surface area contributed by atoms with Gasteiger partial charge in [-0.1, -0.05) is 23.5 Å². The van der Waals surface area contributed by atoms with Gasteiger partial charge in [0.1, 0.15) is 4.88 Å². The average molecular weight is 358 g/mol. The van der Waals surface area contributed by atoms with Gasteiger partial charge in [0, 0.05) is 9.99 Å². The first kappa shape index (κ1) is 12.6. The van der Waals surface area contributed by atoms with Crippen molar-refractivity contribution in [3.05, 3.63) is 44.0 Å². The minimum absolute atomic E-state index is 0.109. The van der Waals surface area contributed by atoms with Gasteiger partial charge in [-0.15, -0.1) is 5.10 Å². The highest BCUT2D eigenvalue weighted by Crippen LogP contribution is 2.15. The van der Waals surface area contributed by atoms with Crippen molar-refractivity contribution in [1.82, 2.24) is 9.59 Å². The van der Waals surface area contributed by atoms with E-state index in [4.69, 9.17) is 0 Å². The number of aromatic nitrogens is 2. The summed E-state index contributed by atoms with van der Waals surface area (Å²) >= 11 is 3.44. The van der Waals surface area contributed by atoms with E-state index in [0.717, 1.165) is 17.7 Å². The Labute approximate surface area is 118 Å². The molecule has 0 fully saturated rings. The molecule has 2 aromatic rings. The summed E-state index contributed by atoms with van der Waals surface area (Å²) in [6.07, 6.45) is 1.18. The molecule has 0 radical (unpaired) electrons. The molecule has 0 N–H and O–H groups in total. The van der Waals surface area contributed by atoms with Crippen molar-refractivity contribution in [3.63, 3.8) is 0 Å². The molecule has 3 nitrogen and oxygen atoms in total. The number of rotatable bonds is 4. The van der Waals surface area contributed by atoms with E-state index in [-0.39, 0.29) is 5.78 Å². The van der Waals surface area contributed by atoms with E-state index in [1.54, 1.807) is 0 Å². The number of halogens is 1. The van der Waals surface area contributed by atoms with Crippen LogP contribution < -0.4 is 0 Å². The number of hydrogen-bond donors (Lipinski definition) is 0. The fraction of sp³-hybridized carbons (Fsp3) is 0.250. The first-order chi connectivity index (χ1) is 8.20. The fourth-order valence-corrected chi connectivity index (χ4v) is 2.56. The molecule has 0 unspecified atom stereocenters. The summed E-state index contributed by atoms with van der Waals surface area (Å²) in [6, 6.07) is 7.99. The molecule has 0 bridgehead atoms. The van der Waals surface area contributed by atoms with Crippen molar-refractivity contribution in [2.45, 2.75) is 19.8 Å². The molecule has 88 valence electrons. The molecule has 2 rings (SSSR count). The van der Waals surface area contributed by atoms with E-state index >= 15 is 0 Å². The van der Waals surface area contributed by atoms with Crippen LogP contribution in [-0.2, 0) is 12.8 Å². The molecule has 0 saturated heterocycles. The number of ketones is 1. The van der Waals surface area contributed by atoms with Gasteiger partial charge >= 0.3 is 0 Å². The summed E-state index contributed by atoms with van der Waals surface area (Å²) < 4.78 is 5.01. The van der Waals surface area contributed by atoms with E-state index < -0.39 is 0 Å². The molecule has 0 spiro atoms. The highest BCUT2D eigenvalue weighted by Gasteiger charge is 2.15. The Balaban J connectivity index is 2.14. The van der Waals surface area contributed by atoms with Crippen LogP contribution in [-0.4, -0.2) is 15.4 Å². The molecule has 1 aromatic carbocycles. The van der Waals surface area contributed by atoms with Crippen LogP contribution in [0.5, 0.6) is 0 Å². The minimum atomic E-state index is 0.109. The highest BCUT2D eigenvalue weighted by molar-refractivity contribution is 14.1. The maximum absolute atomic E-state index is 12.1. The second kappa shape index (κ2) is 5.68. The number of Topliss-reactive ketones (excluding diaryl/α,β-unsaturated/α-hetero) is 1. The quantitative estimate of drug-likeness (QED) is 0.623. The summed E-state index contributed by atoms with van der Waals surface area (Å²) in [7, 11) is 0. The van der Waals surface area contributed by atoms with Crippen LogP contribution in [0, 0.1) is 3.57 Å². The van der Waals surface area contributed by atoms with Gasteiger partial charge in [-0.3, -0.25) is 4.79 Å². The van der Waals surface area contributed by atoms with Gasteiger partial charge in [0.2, 0.25) is 0 Å². The first-order valence-corrected chi connectivity index (χ1v) is 7.14. The molecule has 0 aliphatic heterocycles. The van der Waals surface area contributed by atoms with Crippen molar-refractivity contribution in [3.8, 4) is 0 Å². The van der Waals surface area contributed by atoms with Crippen molar-refractivity contribution in [1.29, 1.82) is 0 Å². The van der Waals surface area contributed by atoms with Gasteiger partial charge in [0.25, 0.3) is 0 Å². The third kappa shape index (κ3) is 3.10. The summed E-state index contributed by atoms with van der Waals surface area (Å²) in [5.74, 6) is 0.109. The van der Waals surface area contributed by atoms with Crippen LogP contribution in [0.3, 0.4) is 0 Å². The van der Waals surface area contributed by atoms with Gasteiger partial charge in [-0.05, 0) is 58.2 Å². The molecule has 0 saturated carbocycles. The van der Waals surface area contributed by atoms with Gasteiger partial charge < -0.3 is 0 Å². The summed E-state index contributed by atoms with van der Waals surface area (Å²) in [4.78, 5) is 12.8. The molecule has 1 aromatic heterocycles. The molecule has 0 aliphatic rings. The lowest BCUT2D eigenvalue weighted by Crippen LogP contribution is -2.04. The largest absolute Gasteiger partial charge is 0.293 e. The van der Waals surface area contributed by atoms with Crippen LogP contribution in [0.4, 0.5) is 0 Å². The monoisotopic (exact) mass is 358 g/mol. The molecule has 0 aliphatic carbocycles. The van der Waals surface area contributed by atoms with Crippen LogP contribution in [0.2, 0.25) is 0 Å². The Morgan fingerprint density at radius 1 is 1.35 bits per heavy atom. The van der Waals surface area contributed by atoms with Crippen molar-refractivity contribution >= 4 is 39.9 Å². The maximum atomic E-state index is 12.1. The SMILES string of the molecule is CCc1nnsc1C(=O)Cc1ccc(I)cc1. The van der Waals surface area contributed by atoms with Gasteiger partial charge in [0.15, 0.2) is 5.78 Å². The minimum Gasteiger partial charge on any atom is -0.293 e. The topological polar surface area (TPSA) is 42.9 Å². The molecule has 0 atom stereocenters. The molecule has 5 heteroatoms. The lowest BCUT2D eigenvalue weighted by atomic mass is 10.1. The number of nitrogens with zero attached hydrogens (tertiary/aromatic N) is 2. The van der Waals surface area contributed by atoms with Gasteiger partial charge in [0.05, 0.1) is 5.69 Å². The molecule has 1 heterocycles. The zero-order valence-electron chi connectivity index (χ0n) is 9.31. The Kier molecular flexibility index (Phi) is 4.22. The standard InChI is InChI=1S/C12H11IN2OS/c1-2-10-12(17-15-14-10)11(16)7-8-3-5-9(13)6-4-8/h3-6H,2,7H2,1H3. The highest BCUT2D eigenvalue weighted by atomic mass is 127. The van der Waals surface area contributed by atoms with Crippen molar-refractivity contribution < 1.29 is 4.79 Å². The third-order valence-corrected chi connectivity index (χ3v) is 3.95. The number of carbonyl (C=O) groups excluding carboxylic acids is 1. The zero-order valence-corrected chi connectivity index (χ0v) is 12.3.